The lowest BCUT2D eigenvalue weighted by molar-refractivity contribution is 0.307. The molecule has 0 aromatic heterocycles. The van der Waals surface area contributed by atoms with Crippen LogP contribution >= 0.6 is 15.9 Å². The monoisotopic (exact) mass is 267 g/mol. The molecule has 1 aliphatic carbocycles. The van der Waals surface area contributed by atoms with Crippen LogP contribution < -0.4 is 5.73 Å². The lowest BCUT2D eigenvalue weighted by atomic mass is 9.81. The zero-order chi connectivity index (χ0) is 10.7. The Hall–Kier alpha value is -0.340. The van der Waals surface area contributed by atoms with E-state index >= 15 is 0 Å². The van der Waals surface area contributed by atoms with Crippen molar-refractivity contribution in [2.24, 2.45) is 11.7 Å². The summed E-state index contributed by atoms with van der Waals surface area (Å²) >= 11 is 3.58. The van der Waals surface area contributed by atoms with Crippen molar-refractivity contribution in [3.8, 4) is 0 Å². The van der Waals surface area contributed by atoms with E-state index in [4.69, 9.17) is 5.73 Å². The highest BCUT2D eigenvalue weighted by molar-refractivity contribution is 9.10. The first-order chi connectivity index (χ1) is 7.29. The molecule has 1 unspecified atom stereocenters. The third kappa shape index (κ3) is 2.61. The zero-order valence-corrected chi connectivity index (χ0v) is 10.5. The molecule has 0 bridgehead atoms. The van der Waals surface area contributed by atoms with E-state index in [2.05, 4.69) is 34.1 Å². The summed E-state index contributed by atoms with van der Waals surface area (Å²) in [5, 5.41) is 0. The topological polar surface area (TPSA) is 26.0 Å². The molecule has 1 aliphatic rings. The average molecular weight is 268 g/mol. The first-order valence-electron chi connectivity index (χ1n) is 5.79. The predicted octanol–water partition coefficient (Wildman–Crippen LogP) is 4.03. The van der Waals surface area contributed by atoms with Crippen LogP contribution in [-0.2, 0) is 0 Å². The average Bonchev–Trinajstić information content (AvgIpc) is 2.30. The molecule has 2 N–H and O–H groups in total. The summed E-state index contributed by atoms with van der Waals surface area (Å²) in [6, 6.07) is 8.55. The van der Waals surface area contributed by atoms with Gasteiger partial charge in [0.15, 0.2) is 0 Å². The van der Waals surface area contributed by atoms with Gasteiger partial charge in [0.25, 0.3) is 0 Å². The number of benzene rings is 1. The maximum atomic E-state index is 6.34. The molecule has 1 aromatic rings. The lowest BCUT2D eigenvalue weighted by Crippen LogP contribution is -2.23. The molecule has 0 spiro atoms. The first-order valence-corrected chi connectivity index (χ1v) is 6.58. The SMILES string of the molecule is NC(c1ccccc1Br)C1CCCCC1. The van der Waals surface area contributed by atoms with E-state index in [1.165, 1.54) is 37.7 Å². The van der Waals surface area contributed by atoms with E-state index in [0.717, 1.165) is 4.47 Å². The number of hydrogen-bond donors (Lipinski definition) is 1. The van der Waals surface area contributed by atoms with Crippen molar-refractivity contribution >= 4 is 15.9 Å². The predicted molar refractivity (Wildman–Crippen MR) is 67.6 cm³/mol. The molecule has 1 nitrogen and oxygen atoms in total. The van der Waals surface area contributed by atoms with E-state index in [1.54, 1.807) is 0 Å². The normalized spacial score (nSPS) is 20.1. The van der Waals surface area contributed by atoms with E-state index in [9.17, 15) is 0 Å². The van der Waals surface area contributed by atoms with Gasteiger partial charge < -0.3 is 5.73 Å². The van der Waals surface area contributed by atoms with Gasteiger partial charge in [0.05, 0.1) is 0 Å². The molecule has 1 atom stereocenters. The van der Waals surface area contributed by atoms with Crippen molar-refractivity contribution in [3.05, 3.63) is 34.3 Å². The van der Waals surface area contributed by atoms with Crippen molar-refractivity contribution in [2.45, 2.75) is 38.1 Å². The smallest absolute Gasteiger partial charge is 0.0334 e. The third-order valence-electron chi connectivity index (χ3n) is 3.42. The second kappa shape index (κ2) is 5.13. The molecule has 15 heavy (non-hydrogen) atoms. The van der Waals surface area contributed by atoms with Gasteiger partial charge in [-0.2, -0.15) is 0 Å². The Labute approximate surface area is 100 Å². The van der Waals surface area contributed by atoms with Gasteiger partial charge in [0, 0.05) is 10.5 Å². The van der Waals surface area contributed by atoms with E-state index in [-0.39, 0.29) is 6.04 Å². The molecule has 1 aromatic carbocycles. The number of hydrogen-bond acceptors (Lipinski definition) is 1. The van der Waals surface area contributed by atoms with Crippen LogP contribution in [-0.4, -0.2) is 0 Å². The van der Waals surface area contributed by atoms with Gasteiger partial charge in [0.2, 0.25) is 0 Å². The third-order valence-corrected chi connectivity index (χ3v) is 4.14. The van der Waals surface area contributed by atoms with Crippen molar-refractivity contribution in [1.29, 1.82) is 0 Å². The minimum atomic E-state index is 0.209. The number of rotatable bonds is 2. The van der Waals surface area contributed by atoms with Gasteiger partial charge in [-0.1, -0.05) is 53.4 Å². The van der Waals surface area contributed by atoms with Crippen LogP contribution in [0.2, 0.25) is 0 Å². The minimum Gasteiger partial charge on any atom is -0.324 e. The maximum Gasteiger partial charge on any atom is 0.0334 e. The molecule has 82 valence electrons. The summed E-state index contributed by atoms with van der Waals surface area (Å²) in [5.74, 6) is 0.678. The fraction of sp³-hybridized carbons (Fsp3) is 0.538. The summed E-state index contributed by atoms with van der Waals surface area (Å²) in [5.41, 5.74) is 7.61. The lowest BCUT2D eigenvalue weighted by Gasteiger charge is -2.28. The summed E-state index contributed by atoms with van der Waals surface area (Å²) in [4.78, 5) is 0. The summed E-state index contributed by atoms with van der Waals surface area (Å²) < 4.78 is 1.16. The van der Waals surface area contributed by atoms with E-state index in [1.807, 2.05) is 6.07 Å². The van der Waals surface area contributed by atoms with Gasteiger partial charge in [-0.3, -0.25) is 0 Å². The number of nitrogens with two attached hydrogens (primary N) is 1. The van der Waals surface area contributed by atoms with Crippen molar-refractivity contribution < 1.29 is 0 Å². The van der Waals surface area contributed by atoms with Crippen LogP contribution in [0.4, 0.5) is 0 Å². The van der Waals surface area contributed by atoms with Crippen molar-refractivity contribution in [1.82, 2.24) is 0 Å². The van der Waals surface area contributed by atoms with Crippen LogP contribution in [0.3, 0.4) is 0 Å². The summed E-state index contributed by atoms with van der Waals surface area (Å²) in [7, 11) is 0. The summed E-state index contributed by atoms with van der Waals surface area (Å²) in [6.45, 7) is 0. The first kappa shape index (κ1) is 11.2. The maximum absolute atomic E-state index is 6.34. The molecule has 0 heterocycles. The van der Waals surface area contributed by atoms with E-state index in [0.29, 0.717) is 5.92 Å². The van der Waals surface area contributed by atoms with Gasteiger partial charge in [0.1, 0.15) is 0 Å². The van der Waals surface area contributed by atoms with Crippen molar-refractivity contribution in [3.63, 3.8) is 0 Å². The summed E-state index contributed by atoms with van der Waals surface area (Å²) in [6.07, 6.45) is 6.68. The van der Waals surface area contributed by atoms with Crippen LogP contribution in [0.15, 0.2) is 28.7 Å². The van der Waals surface area contributed by atoms with Crippen LogP contribution in [0, 0.1) is 5.92 Å². The van der Waals surface area contributed by atoms with Gasteiger partial charge in [-0.05, 0) is 30.4 Å². The van der Waals surface area contributed by atoms with Gasteiger partial charge >= 0.3 is 0 Å². The van der Waals surface area contributed by atoms with Gasteiger partial charge in [-0.25, -0.2) is 0 Å². The Morgan fingerprint density at radius 1 is 1.13 bits per heavy atom. The highest BCUT2D eigenvalue weighted by atomic mass is 79.9. The molecule has 2 heteroatoms. The standard InChI is InChI=1S/C13H18BrN/c14-12-9-5-4-8-11(12)13(15)10-6-2-1-3-7-10/h4-5,8-10,13H,1-3,6-7,15H2. The Kier molecular flexibility index (Phi) is 3.81. The molecule has 0 saturated heterocycles. The Balaban J connectivity index is 2.12. The molecule has 0 radical (unpaired) electrons. The quantitative estimate of drug-likeness (QED) is 0.861. The minimum absolute atomic E-state index is 0.209. The molecule has 0 amide bonds. The Morgan fingerprint density at radius 2 is 1.80 bits per heavy atom. The Morgan fingerprint density at radius 3 is 2.47 bits per heavy atom. The zero-order valence-electron chi connectivity index (χ0n) is 8.95. The molecular weight excluding hydrogens is 250 g/mol. The molecular formula is C13H18BrN. The van der Waals surface area contributed by atoms with E-state index < -0.39 is 0 Å². The highest BCUT2D eigenvalue weighted by Crippen LogP contribution is 2.35. The fourth-order valence-corrected chi connectivity index (χ4v) is 3.04. The molecule has 1 saturated carbocycles. The van der Waals surface area contributed by atoms with Crippen LogP contribution in [0.25, 0.3) is 0 Å². The van der Waals surface area contributed by atoms with Crippen molar-refractivity contribution in [2.75, 3.05) is 0 Å². The van der Waals surface area contributed by atoms with Crippen LogP contribution in [0.1, 0.15) is 43.7 Å². The number of halogens is 1. The second-order valence-electron chi connectivity index (χ2n) is 4.45. The second-order valence-corrected chi connectivity index (χ2v) is 5.30. The largest absolute Gasteiger partial charge is 0.324 e. The molecule has 0 aliphatic heterocycles. The molecule has 1 fully saturated rings. The fourth-order valence-electron chi connectivity index (χ4n) is 2.49. The van der Waals surface area contributed by atoms with Gasteiger partial charge in [-0.15, -0.1) is 0 Å². The van der Waals surface area contributed by atoms with Crippen LogP contribution in [0.5, 0.6) is 0 Å². The molecule has 2 rings (SSSR count). The Bertz CT molecular complexity index is 318. The highest BCUT2D eigenvalue weighted by Gasteiger charge is 2.22.